The summed E-state index contributed by atoms with van der Waals surface area (Å²) < 4.78 is 5.71. The number of esters is 1. The third-order valence-corrected chi connectivity index (χ3v) is 4.32. The van der Waals surface area contributed by atoms with Crippen LogP contribution in [0.1, 0.15) is 11.5 Å². The van der Waals surface area contributed by atoms with Gasteiger partial charge < -0.3 is 15.5 Å². The molecule has 6 nitrogen and oxygen atoms in total. The summed E-state index contributed by atoms with van der Waals surface area (Å²) in [4.78, 5) is 24.7. The monoisotopic (exact) mass is 389 g/mol. The minimum Gasteiger partial charge on any atom is -0.468 e. The molecule has 0 aliphatic carbocycles. The summed E-state index contributed by atoms with van der Waals surface area (Å²) in [5, 5.41) is 2.80. The molecule has 0 saturated heterocycles. The number of hydrogen-bond acceptors (Lipinski definition) is 5. The first-order valence-corrected chi connectivity index (χ1v) is 8.14. The number of hydrazine groups is 1. The second kappa shape index (κ2) is 7.02. The molecule has 0 spiro atoms. The highest BCUT2D eigenvalue weighted by atomic mass is 79.9. The van der Waals surface area contributed by atoms with Gasteiger partial charge in [-0.25, -0.2) is 5.43 Å². The average molecular weight is 390 g/mol. The first kappa shape index (κ1) is 16.5. The van der Waals surface area contributed by atoms with Crippen molar-refractivity contribution in [3.8, 4) is 0 Å². The van der Waals surface area contributed by atoms with Crippen molar-refractivity contribution in [1.29, 1.82) is 0 Å². The molecule has 1 aliphatic rings. The Morgan fingerprint density at radius 3 is 2.71 bits per heavy atom. The summed E-state index contributed by atoms with van der Waals surface area (Å²) in [6, 6.07) is 13.9. The molecule has 1 heterocycles. The summed E-state index contributed by atoms with van der Waals surface area (Å²) >= 11 is 3.40. The fourth-order valence-electron chi connectivity index (χ4n) is 2.68. The van der Waals surface area contributed by atoms with E-state index >= 15 is 0 Å². The zero-order valence-corrected chi connectivity index (χ0v) is 14.5. The summed E-state index contributed by atoms with van der Waals surface area (Å²) in [5.74, 6) is -1.46. The lowest BCUT2D eigenvalue weighted by Crippen LogP contribution is -2.47. The molecule has 2 aromatic rings. The molecule has 2 aromatic carbocycles. The van der Waals surface area contributed by atoms with Crippen molar-refractivity contribution >= 4 is 39.2 Å². The second-order valence-electron chi connectivity index (χ2n) is 5.33. The van der Waals surface area contributed by atoms with Crippen molar-refractivity contribution in [1.82, 2.24) is 5.43 Å². The predicted octanol–water partition coefficient (Wildman–Crippen LogP) is 2.64. The lowest BCUT2D eigenvalue weighted by atomic mass is 9.93. The number of para-hydroxylation sites is 1. The summed E-state index contributed by atoms with van der Waals surface area (Å²) in [6.07, 6.45) is 0. The number of halogens is 1. The zero-order chi connectivity index (χ0) is 17.1. The van der Waals surface area contributed by atoms with Gasteiger partial charge in [0, 0.05) is 15.8 Å². The highest BCUT2D eigenvalue weighted by Crippen LogP contribution is 2.36. The Labute approximate surface area is 147 Å². The van der Waals surface area contributed by atoms with Crippen LogP contribution in [0, 0.1) is 0 Å². The number of nitrogens with one attached hydrogen (secondary N) is 3. The maximum Gasteiger partial charge on any atom is 0.325 e. The Hall–Kier alpha value is -2.38. The Balaban J connectivity index is 1.88. The van der Waals surface area contributed by atoms with Crippen LogP contribution in [-0.4, -0.2) is 25.0 Å². The van der Waals surface area contributed by atoms with Crippen molar-refractivity contribution in [2.45, 2.75) is 12.0 Å². The number of fused-ring (bicyclic) bond motifs is 1. The number of amides is 1. The lowest BCUT2D eigenvalue weighted by Gasteiger charge is -2.22. The van der Waals surface area contributed by atoms with Gasteiger partial charge in [0.15, 0.2) is 0 Å². The molecule has 2 unspecified atom stereocenters. The molecule has 0 aromatic heterocycles. The van der Waals surface area contributed by atoms with Gasteiger partial charge in [0.25, 0.3) is 0 Å². The number of ether oxygens (including phenoxy) is 1. The van der Waals surface area contributed by atoms with Crippen LogP contribution in [0.5, 0.6) is 0 Å². The molecule has 7 heteroatoms. The summed E-state index contributed by atoms with van der Waals surface area (Å²) in [7, 11) is 1.30. The standard InChI is InChI=1S/C17H16BrN3O3/c1-24-17(23)15(21-20-11-5-3-2-4-6-11)14-12-9-10(18)7-8-13(12)19-16(14)22/h2-9,14-15,20-21H,1H3,(H,19,22). The van der Waals surface area contributed by atoms with Crippen LogP contribution in [0.25, 0.3) is 0 Å². The topological polar surface area (TPSA) is 79.5 Å². The molecule has 2 atom stereocenters. The molecule has 0 saturated carbocycles. The fraction of sp³-hybridized carbons (Fsp3) is 0.176. The quantitative estimate of drug-likeness (QED) is 0.541. The van der Waals surface area contributed by atoms with E-state index < -0.39 is 17.9 Å². The molecular formula is C17H16BrN3O3. The molecule has 1 aliphatic heterocycles. The second-order valence-corrected chi connectivity index (χ2v) is 6.25. The van der Waals surface area contributed by atoms with Gasteiger partial charge in [-0.15, -0.1) is 0 Å². The number of carbonyl (C=O) groups is 2. The number of benzene rings is 2. The van der Waals surface area contributed by atoms with E-state index in [0.29, 0.717) is 5.69 Å². The molecule has 3 rings (SSSR count). The highest BCUT2D eigenvalue weighted by Gasteiger charge is 2.41. The van der Waals surface area contributed by atoms with Crippen LogP contribution in [-0.2, 0) is 14.3 Å². The van der Waals surface area contributed by atoms with E-state index in [-0.39, 0.29) is 5.91 Å². The number of hydrogen-bond donors (Lipinski definition) is 3. The fourth-order valence-corrected chi connectivity index (χ4v) is 3.05. The highest BCUT2D eigenvalue weighted by molar-refractivity contribution is 9.10. The van der Waals surface area contributed by atoms with Crippen molar-refractivity contribution in [3.63, 3.8) is 0 Å². The summed E-state index contributed by atoms with van der Waals surface area (Å²) in [6.45, 7) is 0. The first-order valence-electron chi connectivity index (χ1n) is 7.35. The molecule has 0 fully saturated rings. The molecular weight excluding hydrogens is 374 g/mol. The Morgan fingerprint density at radius 2 is 2.00 bits per heavy atom. The third-order valence-electron chi connectivity index (χ3n) is 3.82. The van der Waals surface area contributed by atoms with E-state index in [1.54, 1.807) is 6.07 Å². The number of carbonyl (C=O) groups excluding carboxylic acids is 2. The van der Waals surface area contributed by atoms with E-state index in [1.807, 2.05) is 42.5 Å². The Bertz CT molecular complexity index is 767. The van der Waals surface area contributed by atoms with Crippen molar-refractivity contribution < 1.29 is 14.3 Å². The van der Waals surface area contributed by atoms with Gasteiger partial charge in [-0.3, -0.25) is 9.59 Å². The Morgan fingerprint density at radius 1 is 1.25 bits per heavy atom. The molecule has 124 valence electrons. The third kappa shape index (κ3) is 3.27. The predicted molar refractivity (Wildman–Crippen MR) is 94.5 cm³/mol. The summed E-state index contributed by atoms with van der Waals surface area (Å²) in [5.41, 5.74) is 8.10. The van der Waals surface area contributed by atoms with Crippen LogP contribution < -0.4 is 16.2 Å². The van der Waals surface area contributed by atoms with Gasteiger partial charge >= 0.3 is 5.97 Å². The lowest BCUT2D eigenvalue weighted by molar-refractivity contribution is -0.144. The van der Waals surface area contributed by atoms with E-state index in [4.69, 9.17) is 4.74 Å². The van der Waals surface area contributed by atoms with Crippen LogP contribution in [0.3, 0.4) is 0 Å². The minimum absolute atomic E-state index is 0.249. The van der Waals surface area contributed by atoms with Crippen molar-refractivity contribution in [2.24, 2.45) is 0 Å². The Kier molecular flexibility index (Phi) is 4.82. The SMILES string of the molecule is COC(=O)C(NNc1ccccc1)C1C(=O)Nc2ccc(Br)cc21. The largest absolute Gasteiger partial charge is 0.468 e. The van der Waals surface area contributed by atoms with Crippen LogP contribution >= 0.6 is 15.9 Å². The van der Waals surface area contributed by atoms with Gasteiger partial charge in [-0.1, -0.05) is 34.1 Å². The smallest absolute Gasteiger partial charge is 0.325 e. The molecule has 0 radical (unpaired) electrons. The van der Waals surface area contributed by atoms with E-state index in [2.05, 4.69) is 32.1 Å². The maximum absolute atomic E-state index is 12.4. The number of anilines is 2. The minimum atomic E-state index is -0.870. The normalized spacial score (nSPS) is 16.9. The first-order chi connectivity index (χ1) is 11.6. The van der Waals surface area contributed by atoms with E-state index in [0.717, 1.165) is 15.7 Å². The average Bonchev–Trinajstić information content (AvgIpc) is 2.91. The van der Waals surface area contributed by atoms with Gasteiger partial charge in [0.05, 0.1) is 13.0 Å². The molecule has 3 N–H and O–H groups in total. The zero-order valence-electron chi connectivity index (χ0n) is 12.9. The molecule has 24 heavy (non-hydrogen) atoms. The van der Waals surface area contributed by atoms with Crippen molar-refractivity contribution in [2.75, 3.05) is 17.9 Å². The number of rotatable bonds is 5. The van der Waals surface area contributed by atoms with Crippen LogP contribution in [0.4, 0.5) is 11.4 Å². The van der Waals surface area contributed by atoms with Crippen LogP contribution in [0.2, 0.25) is 0 Å². The molecule has 1 amide bonds. The van der Waals surface area contributed by atoms with Gasteiger partial charge in [0.1, 0.15) is 6.04 Å². The van der Waals surface area contributed by atoms with E-state index in [9.17, 15) is 9.59 Å². The van der Waals surface area contributed by atoms with Crippen molar-refractivity contribution in [3.05, 3.63) is 58.6 Å². The number of methoxy groups -OCH3 is 1. The van der Waals surface area contributed by atoms with Gasteiger partial charge in [-0.2, -0.15) is 0 Å². The van der Waals surface area contributed by atoms with Gasteiger partial charge in [-0.05, 0) is 35.9 Å². The maximum atomic E-state index is 12.4. The van der Waals surface area contributed by atoms with Gasteiger partial charge in [0.2, 0.25) is 5.91 Å². The molecule has 0 bridgehead atoms. The van der Waals surface area contributed by atoms with E-state index in [1.165, 1.54) is 7.11 Å². The van der Waals surface area contributed by atoms with Crippen LogP contribution in [0.15, 0.2) is 53.0 Å².